The molecule has 2 aliphatic heterocycles. The van der Waals surface area contributed by atoms with E-state index in [4.69, 9.17) is 5.41 Å². The SMILES string of the molecule is CCCCCC1=NN2C(=N)/C(=C/c3cccn3-c3ccc(C)cc3)C(=O)N=C2S1. The van der Waals surface area contributed by atoms with Gasteiger partial charge in [0.2, 0.25) is 5.17 Å². The Hall–Kier alpha value is -2.93. The Labute approximate surface area is 174 Å². The highest BCUT2D eigenvalue weighted by Crippen LogP contribution is 2.30. The van der Waals surface area contributed by atoms with Crippen LogP contribution in [-0.4, -0.2) is 31.5 Å². The standard InChI is InChI=1S/C22H23N5OS/c1-3-4-5-8-19-25-27-20(23)18(21(28)24-22(27)29-19)14-17-7-6-13-26(17)16-11-9-15(2)10-12-16/h6-7,9-14,23H,3-5,8H2,1-2H3/b18-14-,23-20?. The molecule has 7 heteroatoms. The van der Waals surface area contributed by atoms with Crippen molar-refractivity contribution in [1.82, 2.24) is 9.58 Å². The number of thioether (sulfide) groups is 1. The number of fused-ring (bicyclic) bond motifs is 1. The molecule has 148 valence electrons. The van der Waals surface area contributed by atoms with Crippen molar-refractivity contribution in [3.05, 3.63) is 59.4 Å². The summed E-state index contributed by atoms with van der Waals surface area (Å²) >= 11 is 1.40. The largest absolute Gasteiger partial charge is 0.317 e. The van der Waals surface area contributed by atoms with Crippen LogP contribution in [0, 0.1) is 12.3 Å². The predicted molar refractivity (Wildman–Crippen MR) is 120 cm³/mol. The lowest BCUT2D eigenvalue weighted by molar-refractivity contribution is -0.114. The lowest BCUT2D eigenvalue weighted by atomic mass is 10.1. The zero-order chi connectivity index (χ0) is 20.4. The lowest BCUT2D eigenvalue weighted by Gasteiger charge is -2.20. The van der Waals surface area contributed by atoms with Crippen LogP contribution in [0.15, 0.2) is 58.3 Å². The van der Waals surface area contributed by atoms with Crippen molar-refractivity contribution >= 4 is 39.8 Å². The molecule has 6 nitrogen and oxygen atoms in total. The van der Waals surface area contributed by atoms with Crippen molar-refractivity contribution in [3.8, 4) is 5.69 Å². The molecule has 3 heterocycles. The van der Waals surface area contributed by atoms with E-state index in [0.29, 0.717) is 5.17 Å². The Bertz CT molecular complexity index is 1050. The molecule has 4 rings (SSSR count). The minimum Gasteiger partial charge on any atom is -0.317 e. The van der Waals surface area contributed by atoms with Crippen LogP contribution in [0.2, 0.25) is 0 Å². The van der Waals surface area contributed by atoms with Gasteiger partial charge in [-0.3, -0.25) is 10.2 Å². The van der Waals surface area contributed by atoms with Crippen LogP contribution in [-0.2, 0) is 4.79 Å². The first kappa shape index (κ1) is 19.4. The quantitative estimate of drug-likeness (QED) is 0.544. The van der Waals surface area contributed by atoms with Gasteiger partial charge >= 0.3 is 0 Å². The van der Waals surface area contributed by atoms with Gasteiger partial charge in [0, 0.05) is 17.6 Å². The summed E-state index contributed by atoms with van der Waals surface area (Å²) in [5, 5.41) is 15.9. The minimum atomic E-state index is -0.393. The van der Waals surface area contributed by atoms with E-state index >= 15 is 0 Å². The number of amides is 1. The Balaban J connectivity index is 1.62. The number of carbonyl (C=O) groups is 1. The van der Waals surface area contributed by atoms with Crippen LogP contribution >= 0.6 is 11.8 Å². The maximum absolute atomic E-state index is 12.6. The van der Waals surface area contributed by atoms with Crippen molar-refractivity contribution in [3.63, 3.8) is 0 Å². The fraction of sp³-hybridized carbons (Fsp3) is 0.273. The topological polar surface area (TPSA) is 73.8 Å². The van der Waals surface area contributed by atoms with Crippen LogP contribution in [0.25, 0.3) is 11.8 Å². The molecule has 29 heavy (non-hydrogen) atoms. The van der Waals surface area contributed by atoms with E-state index < -0.39 is 5.91 Å². The number of hydrogen-bond donors (Lipinski definition) is 1. The van der Waals surface area contributed by atoms with Gasteiger partial charge in [0.05, 0.1) is 5.57 Å². The summed E-state index contributed by atoms with van der Waals surface area (Å²) in [6.07, 6.45) is 7.86. The van der Waals surface area contributed by atoms with Gasteiger partial charge in [-0.15, -0.1) is 0 Å². The molecule has 0 fully saturated rings. The van der Waals surface area contributed by atoms with Crippen LogP contribution in [0.5, 0.6) is 0 Å². The molecule has 0 bridgehead atoms. The summed E-state index contributed by atoms with van der Waals surface area (Å²) in [5.41, 5.74) is 3.25. The minimum absolute atomic E-state index is 0.0784. The van der Waals surface area contributed by atoms with Crippen molar-refractivity contribution in [2.45, 2.75) is 39.5 Å². The van der Waals surface area contributed by atoms with Crippen LogP contribution in [0.1, 0.15) is 43.9 Å². The average molecular weight is 406 g/mol. The van der Waals surface area contributed by atoms with Gasteiger partial charge in [0.25, 0.3) is 5.91 Å². The predicted octanol–water partition coefficient (Wildman–Crippen LogP) is 4.99. The Kier molecular flexibility index (Phi) is 5.49. The van der Waals surface area contributed by atoms with Crippen molar-refractivity contribution < 1.29 is 4.79 Å². The molecule has 0 saturated carbocycles. The summed E-state index contributed by atoms with van der Waals surface area (Å²) in [6.45, 7) is 4.21. The van der Waals surface area contributed by atoms with Gasteiger partial charge in [0.15, 0.2) is 5.84 Å². The highest BCUT2D eigenvalue weighted by atomic mass is 32.2. The molecule has 0 saturated heterocycles. The van der Waals surface area contributed by atoms with Crippen molar-refractivity contribution in [2.75, 3.05) is 0 Å². The maximum atomic E-state index is 12.6. The number of unbranched alkanes of at least 4 members (excludes halogenated alkanes) is 2. The second kappa shape index (κ2) is 8.21. The van der Waals surface area contributed by atoms with Gasteiger partial charge in [-0.25, -0.2) is 0 Å². The first-order valence-electron chi connectivity index (χ1n) is 9.80. The molecule has 0 spiro atoms. The van der Waals surface area contributed by atoms with Crippen molar-refractivity contribution in [1.29, 1.82) is 5.41 Å². The van der Waals surface area contributed by atoms with Crippen LogP contribution in [0.4, 0.5) is 0 Å². The molecule has 1 amide bonds. The molecule has 1 aromatic heterocycles. The number of aromatic nitrogens is 1. The Morgan fingerprint density at radius 1 is 1.17 bits per heavy atom. The molecule has 0 radical (unpaired) electrons. The fourth-order valence-electron chi connectivity index (χ4n) is 3.26. The zero-order valence-corrected chi connectivity index (χ0v) is 17.4. The zero-order valence-electron chi connectivity index (χ0n) is 16.6. The number of hydrogen-bond acceptors (Lipinski definition) is 4. The van der Waals surface area contributed by atoms with Gasteiger partial charge in [-0.1, -0.05) is 37.5 Å². The van der Waals surface area contributed by atoms with E-state index in [1.807, 2.05) is 54.1 Å². The number of rotatable bonds is 6. The molecular formula is C22H23N5OS. The van der Waals surface area contributed by atoms with Crippen LogP contribution in [0.3, 0.4) is 0 Å². The first-order chi connectivity index (χ1) is 14.1. The highest BCUT2D eigenvalue weighted by molar-refractivity contribution is 8.26. The third-order valence-corrected chi connectivity index (χ3v) is 5.84. The smallest absolute Gasteiger partial charge is 0.283 e. The molecule has 0 atom stereocenters. The van der Waals surface area contributed by atoms with E-state index in [2.05, 4.69) is 17.0 Å². The summed E-state index contributed by atoms with van der Waals surface area (Å²) in [6, 6.07) is 12.0. The fourth-order valence-corrected chi connectivity index (χ4v) is 4.19. The molecule has 2 aliphatic rings. The Morgan fingerprint density at radius 2 is 1.97 bits per heavy atom. The highest BCUT2D eigenvalue weighted by Gasteiger charge is 2.35. The number of nitrogens with zero attached hydrogens (tertiary/aromatic N) is 4. The maximum Gasteiger partial charge on any atom is 0.283 e. The number of hydrazone groups is 1. The van der Waals surface area contributed by atoms with Gasteiger partial charge in [0.1, 0.15) is 5.04 Å². The molecule has 0 unspecified atom stereocenters. The van der Waals surface area contributed by atoms with E-state index in [9.17, 15) is 4.79 Å². The molecule has 0 aliphatic carbocycles. The summed E-state index contributed by atoms with van der Waals surface area (Å²) < 4.78 is 1.99. The number of benzene rings is 1. The monoisotopic (exact) mass is 405 g/mol. The van der Waals surface area contributed by atoms with E-state index in [1.165, 1.54) is 22.3 Å². The molecule has 1 N–H and O–H groups in total. The summed E-state index contributed by atoms with van der Waals surface area (Å²) in [5.74, 6) is -0.315. The van der Waals surface area contributed by atoms with Gasteiger partial charge in [-0.2, -0.15) is 15.1 Å². The number of aryl methyl sites for hydroxylation is 1. The van der Waals surface area contributed by atoms with Gasteiger partial charge < -0.3 is 4.57 Å². The number of amidine groups is 2. The normalized spacial score (nSPS) is 17.6. The number of nitrogens with one attached hydrogen (secondary N) is 1. The lowest BCUT2D eigenvalue weighted by Crippen LogP contribution is -2.35. The van der Waals surface area contributed by atoms with Crippen LogP contribution < -0.4 is 0 Å². The second-order valence-electron chi connectivity index (χ2n) is 7.11. The number of aliphatic imine (C=N–C) groups is 1. The van der Waals surface area contributed by atoms with Gasteiger partial charge in [-0.05, 0) is 61.9 Å². The Morgan fingerprint density at radius 3 is 2.72 bits per heavy atom. The summed E-state index contributed by atoms with van der Waals surface area (Å²) in [7, 11) is 0. The first-order valence-corrected chi connectivity index (χ1v) is 10.6. The van der Waals surface area contributed by atoms with Crippen molar-refractivity contribution in [2.24, 2.45) is 10.1 Å². The van der Waals surface area contributed by atoms with E-state index in [-0.39, 0.29) is 11.4 Å². The summed E-state index contributed by atoms with van der Waals surface area (Å²) in [4.78, 5) is 16.8. The average Bonchev–Trinajstić information content (AvgIpc) is 3.33. The third kappa shape index (κ3) is 3.96. The van der Waals surface area contributed by atoms with E-state index in [0.717, 1.165) is 42.1 Å². The molecule has 1 aromatic carbocycles. The molecular weight excluding hydrogens is 382 g/mol. The van der Waals surface area contributed by atoms with E-state index in [1.54, 1.807) is 6.08 Å². The second-order valence-corrected chi connectivity index (χ2v) is 8.15. The molecule has 2 aromatic rings. The number of carbonyl (C=O) groups excluding carboxylic acids is 1. The third-order valence-electron chi connectivity index (χ3n) is 4.88.